The number of amides is 1. The molecular formula is C17H19NO5S3. The van der Waals surface area contributed by atoms with E-state index in [4.69, 9.17) is 17.0 Å². The molecular weight excluding hydrogens is 394 g/mol. The smallest absolute Gasteiger partial charge is 0.326 e. The SMILES string of the molecule is CCOc1cc(C=C2SC(=S)N(C(CCSC)C(=O)O)C2=O)ccc1O. The second-order valence-electron chi connectivity index (χ2n) is 5.35. The number of phenolic OH excluding ortho intramolecular Hbond substituents is 1. The monoisotopic (exact) mass is 413 g/mol. The molecule has 2 N–H and O–H groups in total. The minimum Gasteiger partial charge on any atom is -0.504 e. The van der Waals surface area contributed by atoms with Gasteiger partial charge in [0, 0.05) is 0 Å². The van der Waals surface area contributed by atoms with Gasteiger partial charge in [0.15, 0.2) is 11.5 Å². The molecule has 0 aromatic heterocycles. The number of nitrogens with zero attached hydrogens (tertiary/aromatic N) is 1. The van der Waals surface area contributed by atoms with Crippen molar-refractivity contribution in [2.45, 2.75) is 19.4 Å². The Morgan fingerprint density at radius 3 is 2.85 bits per heavy atom. The normalized spacial score (nSPS) is 17.0. The lowest BCUT2D eigenvalue weighted by Crippen LogP contribution is -2.44. The van der Waals surface area contributed by atoms with Gasteiger partial charge >= 0.3 is 5.97 Å². The topological polar surface area (TPSA) is 87.1 Å². The second kappa shape index (κ2) is 9.29. The Balaban J connectivity index is 2.28. The molecule has 2 rings (SSSR count). The van der Waals surface area contributed by atoms with Gasteiger partial charge in [-0.2, -0.15) is 11.8 Å². The van der Waals surface area contributed by atoms with E-state index in [0.717, 1.165) is 11.8 Å². The summed E-state index contributed by atoms with van der Waals surface area (Å²) < 4.78 is 5.57. The van der Waals surface area contributed by atoms with Gasteiger partial charge in [0.2, 0.25) is 0 Å². The third kappa shape index (κ3) is 4.72. The molecule has 1 aliphatic rings. The number of carbonyl (C=O) groups is 2. The van der Waals surface area contributed by atoms with Crippen molar-refractivity contribution in [1.29, 1.82) is 0 Å². The van der Waals surface area contributed by atoms with E-state index in [-0.39, 0.29) is 10.1 Å². The predicted octanol–water partition coefficient (Wildman–Crippen LogP) is 3.20. The third-order valence-electron chi connectivity index (χ3n) is 3.60. The molecule has 0 bridgehead atoms. The fourth-order valence-corrected chi connectivity index (χ4v) is 4.20. The van der Waals surface area contributed by atoms with E-state index in [9.17, 15) is 19.8 Å². The first-order valence-corrected chi connectivity index (χ1v) is 10.5. The Labute approximate surface area is 165 Å². The molecule has 0 saturated carbocycles. The van der Waals surface area contributed by atoms with E-state index in [2.05, 4.69) is 0 Å². The first-order chi connectivity index (χ1) is 12.4. The van der Waals surface area contributed by atoms with Crippen LogP contribution in [0.1, 0.15) is 18.9 Å². The summed E-state index contributed by atoms with van der Waals surface area (Å²) in [4.78, 5) is 25.8. The van der Waals surface area contributed by atoms with Crippen molar-refractivity contribution in [3.8, 4) is 11.5 Å². The van der Waals surface area contributed by atoms with Crippen LogP contribution in [0.4, 0.5) is 0 Å². The molecule has 1 unspecified atom stereocenters. The molecule has 1 fully saturated rings. The lowest BCUT2D eigenvalue weighted by atomic mass is 10.1. The van der Waals surface area contributed by atoms with Crippen molar-refractivity contribution in [3.63, 3.8) is 0 Å². The van der Waals surface area contributed by atoms with E-state index in [1.807, 2.05) is 6.26 Å². The van der Waals surface area contributed by atoms with Gasteiger partial charge in [-0.3, -0.25) is 9.69 Å². The number of phenols is 1. The Kier molecular flexibility index (Phi) is 7.36. The van der Waals surface area contributed by atoms with Crippen LogP contribution in [0.25, 0.3) is 6.08 Å². The molecule has 0 spiro atoms. The Bertz CT molecular complexity index is 750. The van der Waals surface area contributed by atoms with Crippen LogP contribution in [-0.4, -0.2) is 56.0 Å². The van der Waals surface area contributed by atoms with E-state index in [1.54, 1.807) is 25.1 Å². The van der Waals surface area contributed by atoms with Crippen LogP contribution in [0, 0.1) is 0 Å². The summed E-state index contributed by atoms with van der Waals surface area (Å²) in [5, 5.41) is 19.2. The minimum absolute atomic E-state index is 0.0135. The number of carboxylic acids is 1. The largest absolute Gasteiger partial charge is 0.504 e. The number of hydrogen-bond acceptors (Lipinski definition) is 7. The zero-order valence-electron chi connectivity index (χ0n) is 14.3. The van der Waals surface area contributed by atoms with Crippen molar-refractivity contribution >= 4 is 58.0 Å². The van der Waals surface area contributed by atoms with E-state index < -0.39 is 17.9 Å². The van der Waals surface area contributed by atoms with Crippen LogP contribution in [-0.2, 0) is 9.59 Å². The first kappa shape index (κ1) is 20.6. The van der Waals surface area contributed by atoms with Crippen LogP contribution in [0.2, 0.25) is 0 Å². The first-order valence-electron chi connectivity index (χ1n) is 7.83. The Morgan fingerprint density at radius 2 is 2.23 bits per heavy atom. The number of ether oxygens (including phenoxy) is 1. The van der Waals surface area contributed by atoms with Crippen LogP contribution in [0.5, 0.6) is 11.5 Å². The summed E-state index contributed by atoms with van der Waals surface area (Å²) in [5.41, 5.74) is 0.655. The maximum absolute atomic E-state index is 12.7. The number of aromatic hydroxyl groups is 1. The van der Waals surface area contributed by atoms with Gasteiger partial charge in [-0.1, -0.05) is 30.0 Å². The van der Waals surface area contributed by atoms with Gasteiger partial charge in [-0.25, -0.2) is 4.79 Å². The maximum Gasteiger partial charge on any atom is 0.326 e. The van der Waals surface area contributed by atoms with Crippen LogP contribution in [0.15, 0.2) is 23.1 Å². The Morgan fingerprint density at radius 1 is 1.50 bits per heavy atom. The third-order valence-corrected chi connectivity index (χ3v) is 5.57. The van der Waals surface area contributed by atoms with E-state index in [1.165, 1.54) is 22.7 Å². The highest BCUT2D eigenvalue weighted by atomic mass is 32.2. The number of hydrogen-bond donors (Lipinski definition) is 2. The van der Waals surface area contributed by atoms with Crippen molar-refractivity contribution in [2.24, 2.45) is 0 Å². The molecule has 9 heteroatoms. The van der Waals surface area contributed by atoms with Gasteiger partial charge in [0.1, 0.15) is 10.4 Å². The van der Waals surface area contributed by atoms with Crippen LogP contribution >= 0.6 is 35.7 Å². The fraction of sp³-hybridized carbons (Fsp3) is 0.353. The van der Waals surface area contributed by atoms with Gasteiger partial charge in [0.25, 0.3) is 5.91 Å². The number of benzene rings is 1. The highest BCUT2D eigenvalue weighted by molar-refractivity contribution is 8.26. The number of carboxylic acid groups (broad SMARTS) is 1. The molecule has 1 amide bonds. The molecule has 1 aromatic rings. The zero-order chi connectivity index (χ0) is 19.3. The molecule has 1 aliphatic heterocycles. The number of thioether (sulfide) groups is 2. The average Bonchev–Trinajstić information content (AvgIpc) is 2.86. The van der Waals surface area contributed by atoms with Gasteiger partial charge in [0.05, 0.1) is 11.5 Å². The minimum atomic E-state index is -1.07. The molecule has 1 saturated heterocycles. The van der Waals surface area contributed by atoms with Crippen LogP contribution in [0.3, 0.4) is 0 Å². The summed E-state index contributed by atoms with van der Waals surface area (Å²) in [7, 11) is 0. The molecule has 0 aliphatic carbocycles. The van der Waals surface area contributed by atoms with Gasteiger partial charge < -0.3 is 14.9 Å². The predicted molar refractivity (Wildman–Crippen MR) is 109 cm³/mol. The number of thiocarbonyl (C=S) groups is 1. The fourth-order valence-electron chi connectivity index (χ4n) is 2.38. The number of aliphatic carboxylic acids is 1. The average molecular weight is 414 g/mol. The molecule has 0 radical (unpaired) electrons. The number of rotatable bonds is 8. The van der Waals surface area contributed by atoms with Crippen molar-refractivity contribution in [1.82, 2.24) is 4.90 Å². The molecule has 1 heterocycles. The molecule has 6 nitrogen and oxygen atoms in total. The van der Waals surface area contributed by atoms with Crippen molar-refractivity contribution in [3.05, 3.63) is 28.7 Å². The van der Waals surface area contributed by atoms with E-state index >= 15 is 0 Å². The highest BCUT2D eigenvalue weighted by Gasteiger charge is 2.40. The second-order valence-corrected chi connectivity index (χ2v) is 8.01. The quantitative estimate of drug-likeness (QED) is 0.496. The maximum atomic E-state index is 12.7. The van der Waals surface area contributed by atoms with Crippen LogP contribution < -0.4 is 4.74 Å². The van der Waals surface area contributed by atoms with E-state index in [0.29, 0.717) is 35.0 Å². The summed E-state index contributed by atoms with van der Waals surface area (Å²) in [6.07, 6.45) is 3.82. The van der Waals surface area contributed by atoms with Gasteiger partial charge in [-0.15, -0.1) is 0 Å². The summed E-state index contributed by atoms with van der Waals surface area (Å²) in [6.45, 7) is 2.20. The molecule has 140 valence electrons. The molecule has 26 heavy (non-hydrogen) atoms. The van der Waals surface area contributed by atoms with Crippen molar-refractivity contribution < 1.29 is 24.5 Å². The summed E-state index contributed by atoms with van der Waals surface area (Å²) in [6, 6.07) is 3.77. The Hall–Kier alpha value is -1.71. The highest BCUT2D eigenvalue weighted by Crippen LogP contribution is 2.36. The zero-order valence-corrected chi connectivity index (χ0v) is 16.7. The molecule has 1 atom stereocenters. The lowest BCUT2D eigenvalue weighted by molar-refractivity contribution is -0.145. The lowest BCUT2D eigenvalue weighted by Gasteiger charge is -2.22. The van der Waals surface area contributed by atoms with Gasteiger partial charge in [-0.05, 0) is 49.1 Å². The molecule has 1 aromatic carbocycles. The summed E-state index contributed by atoms with van der Waals surface area (Å²) >= 11 is 7.83. The number of carbonyl (C=O) groups excluding carboxylic acids is 1. The standard InChI is InChI=1S/C17H19NO5S3/c1-3-23-13-8-10(4-5-12(13)19)9-14-15(20)18(17(24)26-14)11(16(21)22)6-7-25-2/h4-5,8-9,11,19H,3,6-7H2,1-2H3,(H,21,22). The summed E-state index contributed by atoms with van der Waals surface area (Å²) in [5.74, 6) is -0.540. The van der Waals surface area contributed by atoms with Crippen molar-refractivity contribution in [2.75, 3.05) is 18.6 Å².